The van der Waals surface area contributed by atoms with Gasteiger partial charge in [0.15, 0.2) is 0 Å². The topological polar surface area (TPSA) is 124 Å². The van der Waals surface area contributed by atoms with Crippen molar-refractivity contribution in [3.8, 4) is 28.7 Å². The average molecular weight is 425 g/mol. The van der Waals surface area contributed by atoms with E-state index >= 15 is 0 Å². The molecule has 3 aromatic rings. The molecule has 8 nitrogen and oxygen atoms in total. The number of carboxylic acids is 1. The Morgan fingerprint density at radius 3 is 2.52 bits per heavy atom. The zero-order valence-corrected chi connectivity index (χ0v) is 17.7. The van der Waals surface area contributed by atoms with E-state index in [1.54, 1.807) is 12.3 Å². The molecule has 0 radical (unpaired) electrons. The molecule has 0 aliphatic rings. The van der Waals surface area contributed by atoms with Crippen LogP contribution in [-0.2, 0) is 11.2 Å². The maximum Gasteiger partial charge on any atom is 0.320 e. The third kappa shape index (κ3) is 6.62. The van der Waals surface area contributed by atoms with Crippen molar-refractivity contribution in [3.63, 3.8) is 0 Å². The maximum absolute atomic E-state index is 10.9. The highest BCUT2D eigenvalue weighted by atomic mass is 16.5. The van der Waals surface area contributed by atoms with Gasteiger partial charge in [-0.25, -0.2) is 4.98 Å². The first-order chi connectivity index (χ1) is 15.1. The van der Waals surface area contributed by atoms with Crippen molar-refractivity contribution in [2.45, 2.75) is 51.5 Å². The Labute approximate surface area is 181 Å². The van der Waals surface area contributed by atoms with Gasteiger partial charge < -0.3 is 20.1 Å². The van der Waals surface area contributed by atoms with Gasteiger partial charge in [0.25, 0.3) is 5.89 Å². The normalized spacial score (nSPS) is 11.9. The summed E-state index contributed by atoms with van der Waals surface area (Å²) in [5.41, 5.74) is 7.87. The zero-order valence-electron chi connectivity index (χ0n) is 17.7. The van der Waals surface area contributed by atoms with Gasteiger partial charge in [-0.05, 0) is 24.5 Å². The minimum atomic E-state index is -1.02. The summed E-state index contributed by atoms with van der Waals surface area (Å²) in [4.78, 5) is 19.6. The van der Waals surface area contributed by atoms with Crippen LogP contribution in [0.3, 0.4) is 0 Å². The molecule has 0 aliphatic carbocycles. The monoisotopic (exact) mass is 424 g/mol. The van der Waals surface area contributed by atoms with Gasteiger partial charge in [-0.1, -0.05) is 62.0 Å². The molecule has 2 aromatic heterocycles. The Morgan fingerprint density at radius 2 is 1.84 bits per heavy atom. The number of unbranched alkanes of at least 4 members (excludes halogenated alkanes) is 4. The van der Waals surface area contributed by atoms with Crippen LogP contribution in [0.5, 0.6) is 5.88 Å². The second-order valence-electron chi connectivity index (χ2n) is 7.42. The Morgan fingerprint density at radius 1 is 1.10 bits per heavy atom. The summed E-state index contributed by atoms with van der Waals surface area (Å²) in [6.07, 6.45) is 7.84. The number of ether oxygens (including phenoxy) is 1. The number of carboxylic acid groups (broad SMARTS) is 1. The lowest BCUT2D eigenvalue weighted by atomic mass is 10.0. The summed E-state index contributed by atoms with van der Waals surface area (Å²) in [5, 5.41) is 12.9. The van der Waals surface area contributed by atoms with E-state index in [0.29, 0.717) is 29.8 Å². The highest BCUT2D eigenvalue weighted by Crippen LogP contribution is 2.23. The number of nitrogens with two attached hydrogens (primary N) is 1. The Hall–Kier alpha value is -3.26. The average Bonchev–Trinajstić information content (AvgIpc) is 3.27. The molecule has 0 amide bonds. The van der Waals surface area contributed by atoms with Gasteiger partial charge in [0, 0.05) is 17.8 Å². The number of benzene rings is 1. The van der Waals surface area contributed by atoms with Gasteiger partial charge in [-0.3, -0.25) is 4.79 Å². The summed E-state index contributed by atoms with van der Waals surface area (Å²) in [6, 6.07) is 9.96. The van der Waals surface area contributed by atoms with Gasteiger partial charge in [0.2, 0.25) is 11.7 Å². The van der Waals surface area contributed by atoms with E-state index in [4.69, 9.17) is 20.1 Å². The zero-order chi connectivity index (χ0) is 22.1. The highest BCUT2D eigenvalue weighted by molar-refractivity contribution is 5.73. The predicted octanol–water partition coefficient (Wildman–Crippen LogP) is 4.10. The first-order valence-electron chi connectivity index (χ1n) is 10.6. The van der Waals surface area contributed by atoms with Crippen molar-refractivity contribution in [2.75, 3.05) is 6.61 Å². The number of aromatic nitrogens is 3. The second kappa shape index (κ2) is 11.2. The molecule has 0 bridgehead atoms. The van der Waals surface area contributed by atoms with E-state index in [1.165, 1.54) is 25.7 Å². The van der Waals surface area contributed by atoms with Crippen molar-refractivity contribution in [1.29, 1.82) is 0 Å². The van der Waals surface area contributed by atoms with Crippen molar-refractivity contribution in [3.05, 3.63) is 48.2 Å². The molecular formula is C23H28N4O4. The Kier molecular flexibility index (Phi) is 8.12. The van der Waals surface area contributed by atoms with Crippen molar-refractivity contribution >= 4 is 5.97 Å². The first kappa shape index (κ1) is 22.4. The maximum atomic E-state index is 10.9. The largest absolute Gasteiger partial charge is 0.480 e. The summed E-state index contributed by atoms with van der Waals surface area (Å²) in [5.74, 6) is 0.361. The summed E-state index contributed by atoms with van der Waals surface area (Å²) >= 11 is 0. The third-order valence-corrected chi connectivity index (χ3v) is 4.89. The van der Waals surface area contributed by atoms with E-state index in [9.17, 15) is 4.79 Å². The number of nitrogens with zero attached hydrogens (tertiary/aromatic N) is 3. The minimum Gasteiger partial charge on any atom is -0.480 e. The highest BCUT2D eigenvalue weighted by Gasteiger charge is 2.14. The molecule has 164 valence electrons. The van der Waals surface area contributed by atoms with Gasteiger partial charge in [-0.15, -0.1) is 0 Å². The Balaban J connectivity index is 1.56. The number of hydrogen-bond donors (Lipinski definition) is 2. The molecule has 0 spiro atoms. The van der Waals surface area contributed by atoms with Gasteiger partial charge in [0.05, 0.1) is 12.2 Å². The lowest BCUT2D eigenvalue weighted by Crippen LogP contribution is -2.32. The molecule has 8 heteroatoms. The fourth-order valence-corrected chi connectivity index (χ4v) is 3.06. The SMILES string of the molecule is CCCCCCCOc1ccc(-c2nc(-c3ccc(C[C@H](N)C(=O)O)cc3)no2)cn1. The summed E-state index contributed by atoms with van der Waals surface area (Å²) in [7, 11) is 0. The van der Waals surface area contributed by atoms with Crippen molar-refractivity contribution in [2.24, 2.45) is 5.73 Å². The van der Waals surface area contributed by atoms with Gasteiger partial charge >= 0.3 is 5.97 Å². The van der Waals surface area contributed by atoms with Gasteiger partial charge in [0.1, 0.15) is 6.04 Å². The molecule has 1 atom stereocenters. The summed E-state index contributed by atoms with van der Waals surface area (Å²) in [6.45, 7) is 2.86. The molecule has 31 heavy (non-hydrogen) atoms. The molecule has 0 saturated heterocycles. The molecule has 0 saturated carbocycles. The number of carbonyl (C=O) groups is 1. The molecule has 3 rings (SSSR count). The predicted molar refractivity (Wildman–Crippen MR) is 117 cm³/mol. The third-order valence-electron chi connectivity index (χ3n) is 4.89. The smallest absolute Gasteiger partial charge is 0.320 e. The van der Waals surface area contributed by atoms with E-state index in [-0.39, 0.29) is 6.42 Å². The number of pyridine rings is 1. The van der Waals surface area contributed by atoms with E-state index in [0.717, 1.165) is 17.5 Å². The lowest BCUT2D eigenvalue weighted by Gasteiger charge is -2.06. The second-order valence-corrected chi connectivity index (χ2v) is 7.42. The van der Waals surface area contributed by atoms with Gasteiger partial charge in [-0.2, -0.15) is 4.98 Å². The molecule has 0 unspecified atom stereocenters. The van der Waals surface area contributed by atoms with E-state index in [2.05, 4.69) is 22.0 Å². The van der Waals surface area contributed by atoms with Crippen molar-refractivity contribution < 1.29 is 19.2 Å². The number of aliphatic carboxylic acids is 1. The minimum absolute atomic E-state index is 0.256. The molecule has 2 heterocycles. The fourth-order valence-electron chi connectivity index (χ4n) is 3.06. The van der Waals surface area contributed by atoms with Crippen LogP contribution in [0, 0.1) is 0 Å². The standard InChI is InChI=1S/C23H28N4O4/c1-2-3-4-5-6-13-30-20-12-11-18(15-25-20)22-26-21(27-31-22)17-9-7-16(8-10-17)14-19(24)23(28)29/h7-12,15,19H,2-6,13-14,24H2,1H3,(H,28,29)/t19-/m0/s1. The van der Waals surface area contributed by atoms with E-state index in [1.807, 2.05) is 30.3 Å². The first-order valence-corrected chi connectivity index (χ1v) is 10.6. The molecule has 3 N–H and O–H groups in total. The van der Waals surface area contributed by atoms with E-state index < -0.39 is 12.0 Å². The van der Waals surface area contributed by atoms with Crippen LogP contribution in [0.4, 0.5) is 0 Å². The number of hydrogen-bond acceptors (Lipinski definition) is 7. The quantitative estimate of drug-likeness (QED) is 0.416. The Bertz CT molecular complexity index is 954. The van der Waals surface area contributed by atoms with Crippen molar-refractivity contribution in [1.82, 2.24) is 15.1 Å². The van der Waals surface area contributed by atoms with Crippen LogP contribution >= 0.6 is 0 Å². The molecule has 0 aliphatic heterocycles. The van der Waals surface area contributed by atoms with Crippen LogP contribution in [-0.4, -0.2) is 38.8 Å². The number of rotatable bonds is 12. The van der Waals surface area contributed by atoms with Crippen LogP contribution in [0.2, 0.25) is 0 Å². The fraction of sp³-hybridized carbons (Fsp3) is 0.391. The molecular weight excluding hydrogens is 396 g/mol. The van der Waals surface area contributed by atoms with Crippen LogP contribution < -0.4 is 10.5 Å². The molecule has 1 aromatic carbocycles. The van der Waals surface area contributed by atoms with Crippen LogP contribution in [0.25, 0.3) is 22.8 Å². The van der Waals surface area contributed by atoms with Crippen LogP contribution in [0.1, 0.15) is 44.6 Å². The summed E-state index contributed by atoms with van der Waals surface area (Å²) < 4.78 is 11.0. The van der Waals surface area contributed by atoms with Crippen LogP contribution in [0.15, 0.2) is 47.1 Å². The lowest BCUT2D eigenvalue weighted by molar-refractivity contribution is -0.138. The molecule has 0 fully saturated rings.